The normalized spacial score (nSPS) is 14.5. The molecule has 0 radical (unpaired) electrons. The van der Waals surface area contributed by atoms with Crippen LogP contribution in [0.5, 0.6) is 0 Å². The molecule has 0 aliphatic rings. The van der Waals surface area contributed by atoms with Gasteiger partial charge >= 0.3 is 0 Å². The molecule has 0 unspecified atom stereocenters. The van der Waals surface area contributed by atoms with Crippen molar-refractivity contribution in [3.05, 3.63) is 11.3 Å². The van der Waals surface area contributed by atoms with Crippen molar-refractivity contribution in [3.8, 4) is 0 Å². The van der Waals surface area contributed by atoms with Crippen LogP contribution in [0.3, 0.4) is 0 Å². The molecule has 0 bridgehead atoms. The van der Waals surface area contributed by atoms with E-state index in [2.05, 4.69) is 0 Å². The Morgan fingerprint density at radius 1 is 1.00 bits per heavy atom. The molecular formula is C15H28O2. The van der Waals surface area contributed by atoms with Crippen LogP contribution in [0.1, 0.15) is 67.7 Å². The molecule has 0 rings (SSSR count). The van der Waals surface area contributed by atoms with Crippen molar-refractivity contribution in [3.63, 3.8) is 0 Å². The van der Waals surface area contributed by atoms with Gasteiger partial charge in [0.15, 0.2) is 5.78 Å². The van der Waals surface area contributed by atoms with Crippen molar-refractivity contribution in [1.29, 1.82) is 0 Å². The average Bonchev–Trinajstić information content (AvgIpc) is 2.34. The molecule has 0 aromatic heterocycles. The van der Waals surface area contributed by atoms with Crippen molar-refractivity contribution in [2.75, 3.05) is 0 Å². The summed E-state index contributed by atoms with van der Waals surface area (Å²) in [5, 5.41) is 10.2. The molecule has 0 heterocycles. The highest BCUT2D eigenvalue weighted by atomic mass is 16.3. The number of ketones is 1. The number of hydrogen-bond acceptors (Lipinski definition) is 2. The van der Waals surface area contributed by atoms with E-state index in [4.69, 9.17) is 0 Å². The first-order valence-corrected chi connectivity index (χ1v) is 6.61. The molecule has 0 spiro atoms. The molecule has 0 amide bonds. The Morgan fingerprint density at radius 2 is 1.41 bits per heavy atom. The summed E-state index contributed by atoms with van der Waals surface area (Å²) in [4.78, 5) is 12.4. The monoisotopic (exact) mass is 240 g/mol. The third-order valence-electron chi connectivity index (χ3n) is 4.33. The van der Waals surface area contributed by atoms with Crippen LogP contribution in [0.15, 0.2) is 11.3 Å². The average molecular weight is 240 g/mol. The summed E-state index contributed by atoms with van der Waals surface area (Å²) in [6, 6.07) is 0. The predicted molar refractivity (Wildman–Crippen MR) is 73.1 cm³/mol. The lowest BCUT2D eigenvalue weighted by molar-refractivity contribution is -0.124. The van der Waals surface area contributed by atoms with E-state index in [0.717, 1.165) is 19.3 Å². The molecule has 0 aromatic rings. The van der Waals surface area contributed by atoms with Crippen molar-refractivity contribution in [2.24, 2.45) is 10.8 Å². The molecule has 0 aliphatic carbocycles. The van der Waals surface area contributed by atoms with Crippen LogP contribution in [-0.4, -0.2) is 10.9 Å². The van der Waals surface area contributed by atoms with Gasteiger partial charge in [-0.05, 0) is 26.2 Å². The van der Waals surface area contributed by atoms with Gasteiger partial charge in [0.25, 0.3) is 0 Å². The summed E-state index contributed by atoms with van der Waals surface area (Å²) in [7, 11) is 0. The Bertz CT molecular complexity index is 307. The fourth-order valence-corrected chi connectivity index (χ4v) is 1.81. The largest absolute Gasteiger partial charge is 0.511 e. The number of rotatable bonds is 6. The van der Waals surface area contributed by atoms with Crippen molar-refractivity contribution in [1.82, 2.24) is 0 Å². The first-order chi connectivity index (χ1) is 7.66. The maximum atomic E-state index is 12.4. The minimum Gasteiger partial charge on any atom is -0.511 e. The molecule has 0 aliphatic heterocycles. The molecule has 1 N–H and O–H groups in total. The minimum atomic E-state index is -0.345. The van der Waals surface area contributed by atoms with Crippen molar-refractivity contribution < 1.29 is 9.90 Å². The van der Waals surface area contributed by atoms with Gasteiger partial charge in [-0.2, -0.15) is 0 Å². The van der Waals surface area contributed by atoms with Gasteiger partial charge in [0.05, 0.1) is 0 Å². The Balaban J connectivity index is 5.37. The molecule has 17 heavy (non-hydrogen) atoms. The number of aliphatic hydroxyl groups excluding tert-OH is 1. The zero-order valence-electron chi connectivity index (χ0n) is 12.5. The first kappa shape index (κ1) is 16.2. The van der Waals surface area contributed by atoms with Crippen LogP contribution in [-0.2, 0) is 4.79 Å². The quantitative estimate of drug-likeness (QED) is 0.542. The zero-order valence-corrected chi connectivity index (χ0v) is 12.5. The third kappa shape index (κ3) is 3.34. The third-order valence-corrected chi connectivity index (χ3v) is 4.33. The van der Waals surface area contributed by atoms with Crippen LogP contribution in [0.2, 0.25) is 0 Å². The molecule has 0 saturated carbocycles. The summed E-state index contributed by atoms with van der Waals surface area (Å²) < 4.78 is 0. The fraction of sp³-hybridized carbons (Fsp3) is 0.800. The second-order valence-electron chi connectivity index (χ2n) is 5.81. The summed E-state index contributed by atoms with van der Waals surface area (Å²) in [5.41, 5.74) is -0.132. The molecule has 2 nitrogen and oxygen atoms in total. The topological polar surface area (TPSA) is 37.3 Å². The number of allylic oxidation sites excluding steroid dienone is 2. The fourth-order valence-electron chi connectivity index (χ4n) is 1.81. The molecular weight excluding hydrogens is 212 g/mol. The molecule has 100 valence electrons. The summed E-state index contributed by atoms with van der Waals surface area (Å²) in [6.07, 6.45) is 2.43. The second kappa shape index (κ2) is 5.70. The maximum absolute atomic E-state index is 12.4. The van der Waals surface area contributed by atoms with E-state index in [1.165, 1.54) is 0 Å². The van der Waals surface area contributed by atoms with Gasteiger partial charge in [-0.15, -0.1) is 0 Å². The molecule has 0 aromatic carbocycles. The van der Waals surface area contributed by atoms with E-state index in [0.29, 0.717) is 5.57 Å². The summed E-state index contributed by atoms with van der Waals surface area (Å²) in [5.74, 6) is 0.333. The zero-order chi connectivity index (χ0) is 13.9. The Morgan fingerprint density at radius 3 is 1.71 bits per heavy atom. The number of carbonyl (C=O) groups is 1. The Hall–Kier alpha value is -0.790. The van der Waals surface area contributed by atoms with Crippen molar-refractivity contribution >= 4 is 5.78 Å². The van der Waals surface area contributed by atoms with E-state index in [-0.39, 0.29) is 22.4 Å². The van der Waals surface area contributed by atoms with Gasteiger partial charge in [-0.25, -0.2) is 0 Å². The minimum absolute atomic E-state index is 0.0847. The lowest BCUT2D eigenvalue weighted by Crippen LogP contribution is -2.29. The van der Waals surface area contributed by atoms with Gasteiger partial charge < -0.3 is 5.11 Å². The van der Waals surface area contributed by atoms with E-state index < -0.39 is 0 Å². The van der Waals surface area contributed by atoms with Crippen LogP contribution in [0.25, 0.3) is 0 Å². The number of aliphatic hydroxyl groups is 1. The first-order valence-electron chi connectivity index (χ1n) is 6.61. The van der Waals surface area contributed by atoms with E-state index in [1.807, 2.05) is 41.5 Å². The highest BCUT2D eigenvalue weighted by Gasteiger charge is 2.34. The SMILES string of the molecule is CCC(C)(C)C(O)=C(C)C(=O)C(C)(CC)CC. The molecule has 0 fully saturated rings. The standard InChI is InChI=1S/C15H28O2/c1-8-14(5,6)12(16)11(4)13(17)15(7,9-2)10-3/h16H,8-10H2,1-7H3. The lowest BCUT2D eigenvalue weighted by Gasteiger charge is -2.29. The van der Waals surface area contributed by atoms with Gasteiger partial charge in [0.1, 0.15) is 5.76 Å². The number of Topliss-reactive ketones (excluding diaryl/α,β-unsaturated/α-hetero) is 1. The van der Waals surface area contributed by atoms with Gasteiger partial charge in [0, 0.05) is 16.4 Å². The van der Waals surface area contributed by atoms with Crippen LogP contribution in [0.4, 0.5) is 0 Å². The highest BCUT2D eigenvalue weighted by Crippen LogP contribution is 2.35. The number of hydrogen-bond donors (Lipinski definition) is 1. The van der Waals surface area contributed by atoms with Gasteiger partial charge in [-0.3, -0.25) is 4.79 Å². The lowest BCUT2D eigenvalue weighted by atomic mass is 9.75. The van der Waals surface area contributed by atoms with E-state index in [9.17, 15) is 9.90 Å². The molecule has 0 atom stereocenters. The second-order valence-corrected chi connectivity index (χ2v) is 5.81. The summed E-state index contributed by atoms with van der Waals surface area (Å²) in [6.45, 7) is 13.7. The molecule has 0 saturated heterocycles. The Labute approximate surface area is 106 Å². The van der Waals surface area contributed by atoms with Gasteiger partial charge in [0.2, 0.25) is 0 Å². The van der Waals surface area contributed by atoms with Crippen LogP contribution in [0, 0.1) is 10.8 Å². The maximum Gasteiger partial charge on any atom is 0.167 e. The van der Waals surface area contributed by atoms with Crippen LogP contribution >= 0.6 is 0 Å². The Kier molecular flexibility index (Phi) is 5.44. The van der Waals surface area contributed by atoms with Crippen molar-refractivity contribution in [2.45, 2.75) is 67.7 Å². The van der Waals surface area contributed by atoms with E-state index in [1.54, 1.807) is 6.92 Å². The van der Waals surface area contributed by atoms with Gasteiger partial charge in [-0.1, -0.05) is 41.5 Å². The highest BCUT2D eigenvalue weighted by molar-refractivity contribution is 5.99. The summed E-state index contributed by atoms with van der Waals surface area (Å²) >= 11 is 0. The van der Waals surface area contributed by atoms with E-state index >= 15 is 0 Å². The smallest absolute Gasteiger partial charge is 0.167 e. The predicted octanol–water partition coefficient (Wildman–Crippen LogP) is 4.65. The van der Waals surface area contributed by atoms with Crippen LogP contribution < -0.4 is 0 Å². The molecule has 2 heteroatoms. The number of carbonyl (C=O) groups excluding carboxylic acids is 1.